The standard InChI is InChI=1S/C13H14BrF2NO/c14-9-1-2-12(15)11(5-9)13(16)3-4-17(8-13)10-6-18-7-10/h1-2,5,10H,3-4,6-8H2. The minimum atomic E-state index is -1.58. The summed E-state index contributed by atoms with van der Waals surface area (Å²) in [7, 11) is 0. The molecule has 0 aromatic heterocycles. The third-order valence-corrected chi connectivity index (χ3v) is 4.29. The average Bonchev–Trinajstić information content (AvgIpc) is 2.63. The molecule has 2 fully saturated rings. The highest BCUT2D eigenvalue weighted by molar-refractivity contribution is 9.10. The van der Waals surface area contributed by atoms with Gasteiger partial charge in [0.25, 0.3) is 0 Å². The topological polar surface area (TPSA) is 12.5 Å². The molecule has 2 heterocycles. The van der Waals surface area contributed by atoms with Crippen LogP contribution in [-0.2, 0) is 10.4 Å². The fraction of sp³-hybridized carbons (Fsp3) is 0.538. The summed E-state index contributed by atoms with van der Waals surface area (Å²) < 4.78 is 34.5. The molecular formula is C13H14BrF2NO. The third kappa shape index (κ3) is 2.08. The van der Waals surface area contributed by atoms with Gasteiger partial charge in [-0.1, -0.05) is 15.9 Å². The quantitative estimate of drug-likeness (QED) is 0.831. The SMILES string of the molecule is Fc1ccc(Br)cc1C1(F)CCN(C2COC2)C1. The first-order valence-electron chi connectivity index (χ1n) is 6.05. The number of hydrogen-bond donors (Lipinski definition) is 0. The Hall–Kier alpha value is -0.520. The first kappa shape index (κ1) is 12.5. The summed E-state index contributed by atoms with van der Waals surface area (Å²) in [5.74, 6) is -0.465. The van der Waals surface area contributed by atoms with Crippen molar-refractivity contribution in [1.29, 1.82) is 0 Å². The maximum atomic E-state index is 14.9. The maximum absolute atomic E-state index is 14.9. The number of rotatable bonds is 2. The summed E-state index contributed by atoms with van der Waals surface area (Å²) in [6.07, 6.45) is 0.344. The largest absolute Gasteiger partial charge is 0.378 e. The first-order chi connectivity index (χ1) is 8.58. The Labute approximate surface area is 113 Å². The summed E-state index contributed by atoms with van der Waals surface area (Å²) in [6, 6.07) is 4.76. The van der Waals surface area contributed by atoms with Crippen molar-refractivity contribution in [3.63, 3.8) is 0 Å². The van der Waals surface area contributed by atoms with E-state index < -0.39 is 11.5 Å². The van der Waals surface area contributed by atoms with Crippen molar-refractivity contribution in [2.75, 3.05) is 26.3 Å². The van der Waals surface area contributed by atoms with Crippen LogP contribution in [0.4, 0.5) is 8.78 Å². The predicted octanol–water partition coefficient (Wildman–Crippen LogP) is 2.86. The Bertz CT molecular complexity index is 466. The van der Waals surface area contributed by atoms with Crippen LogP contribution in [0.15, 0.2) is 22.7 Å². The molecule has 5 heteroatoms. The predicted molar refractivity (Wildman–Crippen MR) is 67.7 cm³/mol. The molecule has 2 nitrogen and oxygen atoms in total. The molecule has 98 valence electrons. The van der Waals surface area contributed by atoms with Gasteiger partial charge >= 0.3 is 0 Å². The average molecular weight is 318 g/mol. The van der Waals surface area contributed by atoms with E-state index in [1.54, 1.807) is 12.1 Å². The van der Waals surface area contributed by atoms with E-state index in [0.29, 0.717) is 36.7 Å². The van der Waals surface area contributed by atoms with Crippen molar-refractivity contribution in [3.05, 3.63) is 34.1 Å². The van der Waals surface area contributed by atoms with E-state index in [1.807, 2.05) is 0 Å². The van der Waals surface area contributed by atoms with Crippen LogP contribution in [0.3, 0.4) is 0 Å². The fourth-order valence-electron chi connectivity index (χ4n) is 2.61. The zero-order valence-corrected chi connectivity index (χ0v) is 11.4. The molecular weight excluding hydrogens is 304 g/mol. The van der Waals surface area contributed by atoms with Crippen LogP contribution in [0.2, 0.25) is 0 Å². The Morgan fingerprint density at radius 3 is 2.83 bits per heavy atom. The molecule has 0 spiro atoms. The summed E-state index contributed by atoms with van der Waals surface area (Å²) >= 11 is 3.27. The Morgan fingerprint density at radius 1 is 1.39 bits per heavy atom. The van der Waals surface area contributed by atoms with E-state index in [2.05, 4.69) is 20.8 Å². The van der Waals surface area contributed by atoms with Crippen molar-refractivity contribution in [1.82, 2.24) is 4.90 Å². The van der Waals surface area contributed by atoms with Gasteiger partial charge in [0.15, 0.2) is 5.67 Å². The highest BCUT2D eigenvalue weighted by Gasteiger charge is 2.45. The van der Waals surface area contributed by atoms with Crippen LogP contribution in [0.5, 0.6) is 0 Å². The second-order valence-corrected chi connectivity index (χ2v) is 5.92. The fourth-order valence-corrected chi connectivity index (χ4v) is 2.97. The lowest BCUT2D eigenvalue weighted by Crippen LogP contribution is -2.48. The van der Waals surface area contributed by atoms with E-state index in [9.17, 15) is 8.78 Å². The molecule has 0 bridgehead atoms. The van der Waals surface area contributed by atoms with E-state index in [0.717, 1.165) is 0 Å². The molecule has 1 atom stereocenters. The Balaban J connectivity index is 1.84. The van der Waals surface area contributed by atoms with Gasteiger partial charge in [0.2, 0.25) is 0 Å². The molecule has 0 N–H and O–H groups in total. The van der Waals surface area contributed by atoms with Crippen LogP contribution < -0.4 is 0 Å². The number of hydrogen-bond acceptors (Lipinski definition) is 2. The molecule has 1 unspecified atom stereocenters. The molecule has 18 heavy (non-hydrogen) atoms. The minimum absolute atomic E-state index is 0.166. The lowest BCUT2D eigenvalue weighted by Gasteiger charge is -2.35. The number of likely N-dealkylation sites (tertiary alicyclic amines) is 1. The van der Waals surface area contributed by atoms with E-state index in [4.69, 9.17) is 4.74 Å². The monoisotopic (exact) mass is 317 g/mol. The third-order valence-electron chi connectivity index (χ3n) is 3.80. The summed E-state index contributed by atoms with van der Waals surface area (Å²) in [5.41, 5.74) is -1.41. The normalized spacial score (nSPS) is 29.5. The number of nitrogens with zero attached hydrogens (tertiary/aromatic N) is 1. The number of halogens is 3. The zero-order valence-electron chi connectivity index (χ0n) is 9.83. The molecule has 0 aliphatic carbocycles. The van der Waals surface area contributed by atoms with Gasteiger partial charge in [-0.15, -0.1) is 0 Å². The molecule has 1 aromatic rings. The van der Waals surface area contributed by atoms with Gasteiger partial charge < -0.3 is 4.74 Å². The molecule has 3 rings (SSSR count). The smallest absolute Gasteiger partial charge is 0.152 e. The van der Waals surface area contributed by atoms with Crippen molar-refractivity contribution >= 4 is 15.9 Å². The molecule has 0 amide bonds. The molecule has 2 saturated heterocycles. The van der Waals surface area contributed by atoms with Crippen molar-refractivity contribution < 1.29 is 13.5 Å². The van der Waals surface area contributed by atoms with E-state index in [-0.39, 0.29) is 12.1 Å². The summed E-state index contributed by atoms with van der Waals surface area (Å²) in [4.78, 5) is 2.06. The molecule has 2 aliphatic heterocycles. The number of ether oxygens (including phenoxy) is 1. The van der Waals surface area contributed by atoms with Crippen LogP contribution in [0.1, 0.15) is 12.0 Å². The van der Waals surface area contributed by atoms with Crippen LogP contribution in [0, 0.1) is 5.82 Å². The van der Waals surface area contributed by atoms with E-state index in [1.165, 1.54) is 6.07 Å². The Kier molecular flexibility index (Phi) is 3.16. The molecule has 0 saturated carbocycles. The van der Waals surface area contributed by atoms with Crippen molar-refractivity contribution in [3.8, 4) is 0 Å². The molecule has 2 aliphatic rings. The van der Waals surface area contributed by atoms with Gasteiger partial charge in [0.1, 0.15) is 5.82 Å². The van der Waals surface area contributed by atoms with Gasteiger partial charge in [-0.2, -0.15) is 0 Å². The molecule has 0 radical (unpaired) electrons. The van der Waals surface area contributed by atoms with Crippen LogP contribution in [-0.4, -0.2) is 37.2 Å². The second kappa shape index (κ2) is 4.54. The van der Waals surface area contributed by atoms with E-state index >= 15 is 0 Å². The van der Waals surface area contributed by atoms with Crippen LogP contribution in [0.25, 0.3) is 0 Å². The van der Waals surface area contributed by atoms with Gasteiger partial charge in [0.05, 0.1) is 19.3 Å². The second-order valence-electron chi connectivity index (χ2n) is 5.00. The highest BCUT2D eigenvalue weighted by atomic mass is 79.9. The Morgan fingerprint density at radius 2 is 2.17 bits per heavy atom. The minimum Gasteiger partial charge on any atom is -0.378 e. The zero-order chi connectivity index (χ0) is 12.8. The van der Waals surface area contributed by atoms with Gasteiger partial charge in [-0.05, 0) is 24.6 Å². The molecule has 1 aromatic carbocycles. The maximum Gasteiger partial charge on any atom is 0.152 e. The van der Waals surface area contributed by atoms with Gasteiger partial charge in [-0.3, -0.25) is 4.90 Å². The van der Waals surface area contributed by atoms with Crippen molar-refractivity contribution in [2.45, 2.75) is 18.1 Å². The summed E-state index contributed by atoms with van der Waals surface area (Å²) in [6.45, 7) is 2.25. The lowest BCUT2D eigenvalue weighted by atomic mass is 9.94. The van der Waals surface area contributed by atoms with Crippen molar-refractivity contribution in [2.24, 2.45) is 0 Å². The number of benzene rings is 1. The first-order valence-corrected chi connectivity index (χ1v) is 6.84. The summed E-state index contributed by atoms with van der Waals surface area (Å²) in [5, 5.41) is 0. The number of alkyl halides is 1. The van der Waals surface area contributed by atoms with Gasteiger partial charge in [-0.25, -0.2) is 8.78 Å². The van der Waals surface area contributed by atoms with Gasteiger partial charge in [0, 0.05) is 23.1 Å². The highest BCUT2D eigenvalue weighted by Crippen LogP contribution is 2.39. The lowest BCUT2D eigenvalue weighted by molar-refractivity contribution is -0.0615. The van der Waals surface area contributed by atoms with Crippen LogP contribution >= 0.6 is 15.9 Å².